The van der Waals surface area contributed by atoms with Crippen molar-refractivity contribution in [3.05, 3.63) is 0 Å². The third kappa shape index (κ3) is 1.35. The highest BCUT2D eigenvalue weighted by Gasteiger charge is 2.48. The number of fused-ring (bicyclic) bond motifs is 3. The summed E-state index contributed by atoms with van der Waals surface area (Å²) in [4.78, 5) is 11.1. The van der Waals surface area contributed by atoms with Crippen LogP contribution < -0.4 is 5.11 Å². The fourth-order valence-corrected chi connectivity index (χ4v) is 3.47. The van der Waals surface area contributed by atoms with E-state index < -0.39 is 11.4 Å². The minimum absolute atomic E-state index is 0.435. The van der Waals surface area contributed by atoms with Gasteiger partial charge in [0.2, 0.25) is 0 Å². The Hall–Kier alpha value is -0.530. The maximum atomic E-state index is 11.1. The number of carbonyl (C=O) groups excluding carboxylic acids is 1. The molecule has 2 heteroatoms. The van der Waals surface area contributed by atoms with Gasteiger partial charge in [-0.15, -0.1) is 0 Å². The molecule has 3 saturated carbocycles. The number of carbonyl (C=O) groups is 1. The summed E-state index contributed by atoms with van der Waals surface area (Å²) >= 11 is 0. The fraction of sp³-hybridized carbons (Fsp3) is 0.917. The van der Waals surface area contributed by atoms with E-state index in [1.54, 1.807) is 0 Å². The van der Waals surface area contributed by atoms with Gasteiger partial charge in [-0.2, -0.15) is 0 Å². The predicted molar refractivity (Wildman–Crippen MR) is 52.5 cm³/mol. The van der Waals surface area contributed by atoms with Gasteiger partial charge in [-0.05, 0) is 50.4 Å². The number of carboxylic acid groups (broad SMARTS) is 1. The zero-order valence-corrected chi connectivity index (χ0v) is 8.97. The largest absolute Gasteiger partial charge is 0.550 e. The summed E-state index contributed by atoms with van der Waals surface area (Å²) in [6, 6.07) is 0. The molecule has 3 aliphatic rings. The minimum atomic E-state index is -0.790. The van der Waals surface area contributed by atoms with Crippen LogP contribution in [0.5, 0.6) is 0 Å². The average molecular weight is 195 g/mol. The molecule has 0 aromatic heterocycles. The van der Waals surface area contributed by atoms with Crippen LogP contribution in [0, 0.1) is 10.8 Å². The molecule has 0 radical (unpaired) electrons. The van der Waals surface area contributed by atoms with Crippen LogP contribution in [-0.2, 0) is 4.79 Å². The van der Waals surface area contributed by atoms with Crippen LogP contribution >= 0.6 is 0 Å². The van der Waals surface area contributed by atoms with Crippen molar-refractivity contribution < 1.29 is 9.90 Å². The number of carboxylic acids is 1. The van der Waals surface area contributed by atoms with E-state index in [1.807, 2.05) is 0 Å². The van der Waals surface area contributed by atoms with Crippen molar-refractivity contribution in [2.75, 3.05) is 0 Å². The molecule has 3 fully saturated rings. The average Bonchev–Trinajstić information content (AvgIpc) is 2.20. The second-order valence-electron chi connectivity index (χ2n) is 5.32. The van der Waals surface area contributed by atoms with E-state index in [4.69, 9.17) is 0 Å². The molecule has 3 aliphatic carbocycles. The SMILES string of the molecule is CCCC12CCC(C(=O)[O-])(CC1)CC2. The molecule has 0 spiro atoms. The van der Waals surface area contributed by atoms with Crippen LogP contribution in [0.1, 0.15) is 58.3 Å². The number of aliphatic carboxylic acids is 1. The third-order valence-corrected chi connectivity index (χ3v) is 4.61. The summed E-state index contributed by atoms with van der Waals surface area (Å²) in [6.07, 6.45) is 8.49. The Balaban J connectivity index is 2.09. The number of hydrogen-bond donors (Lipinski definition) is 0. The lowest BCUT2D eigenvalue weighted by Gasteiger charge is -2.54. The van der Waals surface area contributed by atoms with Gasteiger partial charge in [0.1, 0.15) is 0 Å². The van der Waals surface area contributed by atoms with Crippen LogP contribution in [0.4, 0.5) is 0 Å². The van der Waals surface area contributed by atoms with E-state index in [2.05, 4.69) is 6.92 Å². The first kappa shape index (κ1) is 10.0. The molecule has 80 valence electrons. The van der Waals surface area contributed by atoms with E-state index in [0.29, 0.717) is 5.41 Å². The molecule has 0 unspecified atom stereocenters. The van der Waals surface area contributed by atoms with Crippen LogP contribution in [0.25, 0.3) is 0 Å². The van der Waals surface area contributed by atoms with Crippen LogP contribution in [0.2, 0.25) is 0 Å². The normalized spacial score (nSPS) is 41.2. The Labute approximate surface area is 85.7 Å². The molecule has 0 aliphatic heterocycles. The van der Waals surface area contributed by atoms with Gasteiger partial charge in [0.05, 0.1) is 0 Å². The molecule has 0 N–H and O–H groups in total. The van der Waals surface area contributed by atoms with E-state index in [0.717, 1.165) is 38.5 Å². The standard InChI is InChI=1S/C12H20O2/c1-2-3-11-4-7-12(8-5-11,9-6-11)10(13)14/h2-9H2,1H3,(H,13,14)/p-1. The summed E-state index contributed by atoms with van der Waals surface area (Å²) in [7, 11) is 0. The summed E-state index contributed by atoms with van der Waals surface area (Å²) in [5, 5.41) is 11.1. The highest BCUT2D eigenvalue weighted by molar-refractivity contribution is 5.73. The van der Waals surface area contributed by atoms with Crippen molar-refractivity contribution in [1.29, 1.82) is 0 Å². The van der Waals surface area contributed by atoms with Crippen LogP contribution in [0.15, 0.2) is 0 Å². The van der Waals surface area contributed by atoms with Crippen molar-refractivity contribution in [2.24, 2.45) is 10.8 Å². The molecule has 2 nitrogen and oxygen atoms in total. The Kier molecular flexibility index (Phi) is 2.32. The minimum Gasteiger partial charge on any atom is -0.550 e. The summed E-state index contributed by atoms with van der Waals surface area (Å²) in [5.41, 5.74) is 0.0709. The second-order valence-corrected chi connectivity index (χ2v) is 5.32. The lowest BCUT2D eigenvalue weighted by atomic mass is 9.52. The highest BCUT2D eigenvalue weighted by atomic mass is 16.4. The quantitative estimate of drug-likeness (QED) is 0.689. The second kappa shape index (κ2) is 3.25. The molecule has 0 saturated heterocycles. The Morgan fingerprint density at radius 2 is 1.64 bits per heavy atom. The zero-order chi connectivity index (χ0) is 10.2. The van der Waals surface area contributed by atoms with Crippen LogP contribution in [-0.4, -0.2) is 5.97 Å². The molecule has 0 aromatic carbocycles. The Bertz CT molecular complexity index is 220. The van der Waals surface area contributed by atoms with E-state index in [9.17, 15) is 9.90 Å². The van der Waals surface area contributed by atoms with Crippen molar-refractivity contribution in [1.82, 2.24) is 0 Å². The van der Waals surface area contributed by atoms with Gasteiger partial charge in [0.25, 0.3) is 0 Å². The van der Waals surface area contributed by atoms with Crippen molar-refractivity contribution in [3.8, 4) is 0 Å². The van der Waals surface area contributed by atoms with E-state index >= 15 is 0 Å². The van der Waals surface area contributed by atoms with Gasteiger partial charge in [-0.1, -0.05) is 13.3 Å². The topological polar surface area (TPSA) is 40.1 Å². The fourth-order valence-electron chi connectivity index (χ4n) is 3.47. The lowest BCUT2D eigenvalue weighted by Crippen LogP contribution is -2.51. The Morgan fingerprint density at radius 3 is 2.00 bits per heavy atom. The molecule has 0 aromatic rings. The van der Waals surface area contributed by atoms with Gasteiger partial charge in [-0.3, -0.25) is 0 Å². The zero-order valence-electron chi connectivity index (χ0n) is 8.97. The van der Waals surface area contributed by atoms with Gasteiger partial charge in [0.15, 0.2) is 0 Å². The Morgan fingerprint density at radius 1 is 1.14 bits per heavy atom. The highest BCUT2D eigenvalue weighted by Crippen LogP contribution is 2.58. The molecular formula is C12H19O2-. The van der Waals surface area contributed by atoms with Crippen molar-refractivity contribution in [3.63, 3.8) is 0 Å². The first-order chi connectivity index (χ1) is 6.63. The molecule has 0 amide bonds. The number of hydrogen-bond acceptors (Lipinski definition) is 2. The summed E-state index contributed by atoms with van der Waals surface area (Å²) in [6.45, 7) is 2.23. The first-order valence-corrected chi connectivity index (χ1v) is 5.84. The van der Waals surface area contributed by atoms with Gasteiger partial charge < -0.3 is 9.90 Å². The van der Waals surface area contributed by atoms with E-state index in [1.165, 1.54) is 12.8 Å². The number of rotatable bonds is 3. The molecule has 0 atom stereocenters. The van der Waals surface area contributed by atoms with Gasteiger partial charge in [0, 0.05) is 11.4 Å². The predicted octanol–water partition coefficient (Wildman–Crippen LogP) is 1.88. The molecular weight excluding hydrogens is 176 g/mol. The van der Waals surface area contributed by atoms with Gasteiger partial charge in [-0.25, -0.2) is 0 Å². The monoisotopic (exact) mass is 195 g/mol. The van der Waals surface area contributed by atoms with Crippen molar-refractivity contribution in [2.45, 2.75) is 58.3 Å². The molecule has 0 heterocycles. The summed E-state index contributed by atoms with van der Waals surface area (Å²) < 4.78 is 0. The maximum absolute atomic E-state index is 11.1. The summed E-state index contributed by atoms with van der Waals surface area (Å²) in [5.74, 6) is -0.790. The third-order valence-electron chi connectivity index (χ3n) is 4.61. The van der Waals surface area contributed by atoms with Gasteiger partial charge >= 0.3 is 0 Å². The van der Waals surface area contributed by atoms with E-state index in [-0.39, 0.29) is 0 Å². The lowest BCUT2D eigenvalue weighted by molar-refractivity contribution is -0.324. The molecule has 3 rings (SSSR count). The molecule has 2 bridgehead atoms. The first-order valence-electron chi connectivity index (χ1n) is 5.84. The van der Waals surface area contributed by atoms with Crippen molar-refractivity contribution >= 4 is 5.97 Å². The molecule has 14 heavy (non-hydrogen) atoms. The maximum Gasteiger partial charge on any atom is 0.0476 e. The smallest absolute Gasteiger partial charge is 0.0476 e. The van der Waals surface area contributed by atoms with Crippen LogP contribution in [0.3, 0.4) is 0 Å².